The van der Waals surface area contributed by atoms with Crippen molar-refractivity contribution in [2.24, 2.45) is 5.92 Å². The third kappa shape index (κ3) is 3.19. The second kappa shape index (κ2) is 7.37. The van der Waals surface area contributed by atoms with Crippen molar-refractivity contribution in [1.29, 1.82) is 0 Å². The minimum atomic E-state index is -0.0728. The summed E-state index contributed by atoms with van der Waals surface area (Å²) in [6, 6.07) is 4.20. The molecule has 4 heterocycles. The highest BCUT2D eigenvalue weighted by Crippen LogP contribution is 2.29. The third-order valence-corrected chi connectivity index (χ3v) is 5.51. The lowest BCUT2D eigenvalue weighted by molar-refractivity contribution is -0.148. The van der Waals surface area contributed by atoms with E-state index in [9.17, 15) is 4.79 Å². The molecule has 0 spiro atoms. The molecule has 7 nitrogen and oxygen atoms in total. The first-order valence-electron chi connectivity index (χ1n) is 10.1. The number of aryl methyl sites for hydroxylation is 3. The average molecular weight is 381 g/mol. The number of carbonyl (C=O) groups is 1. The second-order valence-electron chi connectivity index (χ2n) is 7.49. The molecule has 1 aliphatic rings. The van der Waals surface area contributed by atoms with Gasteiger partial charge in [0.15, 0.2) is 11.3 Å². The molecule has 0 radical (unpaired) electrons. The predicted molar refractivity (Wildman–Crippen MR) is 109 cm³/mol. The van der Waals surface area contributed by atoms with Gasteiger partial charge in [-0.15, -0.1) is 5.10 Å². The molecule has 0 atom stereocenters. The van der Waals surface area contributed by atoms with E-state index >= 15 is 0 Å². The number of carbonyl (C=O) groups excluding carboxylic acids is 1. The van der Waals surface area contributed by atoms with Gasteiger partial charge < -0.3 is 9.64 Å². The maximum Gasteiger partial charge on any atom is 0.309 e. The van der Waals surface area contributed by atoms with Crippen LogP contribution in [0.5, 0.6) is 0 Å². The predicted octanol–water partition coefficient (Wildman–Crippen LogP) is 3.24. The minimum Gasteiger partial charge on any atom is -0.466 e. The maximum absolute atomic E-state index is 12.1. The maximum atomic E-state index is 12.1. The van der Waals surface area contributed by atoms with Gasteiger partial charge in [-0.25, -0.2) is 9.97 Å². The van der Waals surface area contributed by atoms with Crippen molar-refractivity contribution in [2.45, 2.75) is 47.0 Å². The number of pyridine rings is 1. The van der Waals surface area contributed by atoms with Gasteiger partial charge in [-0.2, -0.15) is 4.52 Å². The van der Waals surface area contributed by atoms with E-state index in [1.165, 1.54) is 0 Å². The summed E-state index contributed by atoms with van der Waals surface area (Å²) >= 11 is 0. The van der Waals surface area contributed by atoms with Gasteiger partial charge >= 0.3 is 5.97 Å². The number of ether oxygens (including phenoxy) is 1. The Balaban J connectivity index is 1.75. The zero-order valence-corrected chi connectivity index (χ0v) is 17.0. The Hall–Kier alpha value is -2.70. The molecular formula is C21H27N5O2. The van der Waals surface area contributed by atoms with Crippen molar-refractivity contribution >= 4 is 28.5 Å². The van der Waals surface area contributed by atoms with Crippen molar-refractivity contribution in [2.75, 3.05) is 24.6 Å². The molecule has 0 bridgehead atoms. The first kappa shape index (κ1) is 18.7. The van der Waals surface area contributed by atoms with Crippen LogP contribution in [0.3, 0.4) is 0 Å². The van der Waals surface area contributed by atoms with Crippen LogP contribution in [0, 0.1) is 19.8 Å². The zero-order chi connectivity index (χ0) is 19.8. The topological polar surface area (TPSA) is 72.6 Å². The van der Waals surface area contributed by atoms with Crippen LogP contribution in [0.4, 0.5) is 5.82 Å². The SMILES string of the molecule is CCOC(=O)C1CCN(c2cc(CC)nc3c4c(C)cc(C)nc4nn23)CC1. The number of anilines is 1. The molecule has 28 heavy (non-hydrogen) atoms. The van der Waals surface area contributed by atoms with Crippen LogP contribution in [0.15, 0.2) is 12.1 Å². The number of fused-ring (bicyclic) bond motifs is 3. The Labute approximate surface area is 164 Å². The summed E-state index contributed by atoms with van der Waals surface area (Å²) < 4.78 is 7.12. The van der Waals surface area contributed by atoms with Gasteiger partial charge in [-0.05, 0) is 51.7 Å². The fourth-order valence-corrected chi connectivity index (χ4v) is 4.07. The second-order valence-corrected chi connectivity index (χ2v) is 7.49. The number of hydrogen-bond acceptors (Lipinski definition) is 6. The van der Waals surface area contributed by atoms with Crippen molar-refractivity contribution in [3.05, 3.63) is 29.1 Å². The molecule has 0 N–H and O–H groups in total. The lowest BCUT2D eigenvalue weighted by Crippen LogP contribution is -2.38. The van der Waals surface area contributed by atoms with Crippen molar-refractivity contribution in [1.82, 2.24) is 19.6 Å². The number of aromatic nitrogens is 4. The number of esters is 1. The van der Waals surface area contributed by atoms with Crippen LogP contribution in [0.1, 0.15) is 43.6 Å². The summed E-state index contributed by atoms with van der Waals surface area (Å²) in [6.45, 7) is 10.1. The minimum absolute atomic E-state index is 0.0116. The quantitative estimate of drug-likeness (QED) is 0.646. The van der Waals surface area contributed by atoms with E-state index in [-0.39, 0.29) is 11.9 Å². The molecule has 0 amide bonds. The Morgan fingerprint density at radius 2 is 1.93 bits per heavy atom. The van der Waals surface area contributed by atoms with Gasteiger partial charge in [0.05, 0.1) is 17.9 Å². The van der Waals surface area contributed by atoms with Gasteiger partial charge in [0.2, 0.25) is 0 Å². The van der Waals surface area contributed by atoms with Crippen molar-refractivity contribution in [3.8, 4) is 0 Å². The molecule has 0 aliphatic carbocycles. The van der Waals surface area contributed by atoms with Crippen LogP contribution in [-0.2, 0) is 16.0 Å². The molecular weight excluding hydrogens is 354 g/mol. The van der Waals surface area contributed by atoms with E-state index in [4.69, 9.17) is 14.8 Å². The van der Waals surface area contributed by atoms with Gasteiger partial charge in [0, 0.05) is 30.5 Å². The molecule has 148 valence electrons. The average Bonchev–Trinajstić information content (AvgIpc) is 3.05. The van der Waals surface area contributed by atoms with Gasteiger partial charge in [0.25, 0.3) is 0 Å². The summed E-state index contributed by atoms with van der Waals surface area (Å²) in [4.78, 5) is 23.8. The Morgan fingerprint density at radius 1 is 1.18 bits per heavy atom. The summed E-state index contributed by atoms with van der Waals surface area (Å²) in [5, 5.41) is 5.80. The highest BCUT2D eigenvalue weighted by molar-refractivity contribution is 5.93. The lowest BCUT2D eigenvalue weighted by atomic mass is 9.97. The Kier molecular flexibility index (Phi) is 4.91. The summed E-state index contributed by atoms with van der Waals surface area (Å²) in [5.74, 6) is 0.943. The number of rotatable bonds is 4. The van der Waals surface area contributed by atoms with E-state index < -0.39 is 0 Å². The van der Waals surface area contributed by atoms with Crippen LogP contribution in [0.2, 0.25) is 0 Å². The van der Waals surface area contributed by atoms with E-state index in [1.807, 2.05) is 18.4 Å². The van der Waals surface area contributed by atoms with Gasteiger partial charge in [-0.3, -0.25) is 4.79 Å². The Bertz CT molecular complexity index is 1030. The van der Waals surface area contributed by atoms with E-state index in [0.29, 0.717) is 6.61 Å². The number of nitrogens with zero attached hydrogens (tertiary/aromatic N) is 5. The monoisotopic (exact) mass is 381 g/mol. The van der Waals surface area contributed by atoms with Gasteiger partial charge in [-0.1, -0.05) is 6.92 Å². The van der Waals surface area contributed by atoms with Crippen LogP contribution >= 0.6 is 0 Å². The third-order valence-electron chi connectivity index (χ3n) is 5.51. The number of hydrogen-bond donors (Lipinski definition) is 0. The molecule has 1 fully saturated rings. The molecule has 0 saturated carbocycles. The molecule has 3 aromatic rings. The van der Waals surface area contributed by atoms with Crippen LogP contribution in [0.25, 0.3) is 16.7 Å². The van der Waals surface area contributed by atoms with E-state index in [2.05, 4.69) is 35.9 Å². The summed E-state index contributed by atoms with van der Waals surface area (Å²) in [5.41, 5.74) is 4.74. The Morgan fingerprint density at radius 3 is 2.61 bits per heavy atom. The first-order chi connectivity index (χ1) is 13.5. The van der Waals surface area contributed by atoms with E-state index in [0.717, 1.165) is 71.8 Å². The fraction of sp³-hybridized carbons (Fsp3) is 0.524. The molecule has 0 aromatic carbocycles. The van der Waals surface area contributed by atoms with Crippen molar-refractivity contribution in [3.63, 3.8) is 0 Å². The normalized spacial score (nSPS) is 15.5. The zero-order valence-electron chi connectivity index (χ0n) is 17.0. The lowest BCUT2D eigenvalue weighted by Gasteiger charge is -2.32. The van der Waals surface area contributed by atoms with Crippen molar-refractivity contribution < 1.29 is 9.53 Å². The molecule has 3 aromatic heterocycles. The highest BCUT2D eigenvalue weighted by atomic mass is 16.5. The molecule has 4 rings (SSSR count). The molecule has 1 aliphatic heterocycles. The smallest absolute Gasteiger partial charge is 0.309 e. The highest BCUT2D eigenvalue weighted by Gasteiger charge is 2.28. The van der Waals surface area contributed by atoms with Gasteiger partial charge in [0.1, 0.15) is 5.82 Å². The fourth-order valence-electron chi connectivity index (χ4n) is 4.07. The molecule has 0 unspecified atom stereocenters. The van der Waals surface area contributed by atoms with Crippen LogP contribution in [-0.4, -0.2) is 45.2 Å². The molecule has 7 heteroatoms. The number of piperidine rings is 1. The molecule has 1 saturated heterocycles. The van der Waals surface area contributed by atoms with E-state index in [1.54, 1.807) is 0 Å². The summed E-state index contributed by atoms with van der Waals surface area (Å²) in [6.07, 6.45) is 2.44. The van der Waals surface area contributed by atoms with Crippen LogP contribution < -0.4 is 4.90 Å². The first-order valence-corrected chi connectivity index (χ1v) is 10.1. The standard InChI is InChI=1S/C21H27N5O2/c1-5-16-12-17(25-9-7-15(8-10-25)21(27)28-6-2)26-20(23-16)18-13(3)11-14(4)22-19(18)24-26/h11-12,15H,5-10H2,1-4H3. The largest absolute Gasteiger partial charge is 0.466 e. The summed E-state index contributed by atoms with van der Waals surface area (Å²) in [7, 11) is 0.